The molecule has 0 bridgehead atoms. The molecular weight excluding hydrogens is 2060 g/mol. The van der Waals surface area contributed by atoms with E-state index < -0.39 is 62.0 Å². The Kier molecular flexibility index (Phi) is 68.5. The number of urea groups is 1. The molecule has 834 valence electrons. The summed E-state index contributed by atoms with van der Waals surface area (Å²) in [5, 5.41) is 42.1. The zero-order valence-corrected chi connectivity index (χ0v) is 94.8. The average Bonchev–Trinajstić information content (AvgIpc) is 1.75. The molecule has 8 aromatic rings. The third-order valence-corrected chi connectivity index (χ3v) is 26.2. The van der Waals surface area contributed by atoms with Gasteiger partial charge in [-0.2, -0.15) is 10.2 Å². The van der Waals surface area contributed by atoms with Gasteiger partial charge in [0.25, 0.3) is 0 Å². The molecule has 149 heavy (non-hydrogen) atoms. The molecule has 0 aliphatic carbocycles. The number of carbonyl (C=O) groups is 4. The summed E-state index contributed by atoms with van der Waals surface area (Å²) in [4.78, 5) is 67.8. The van der Waals surface area contributed by atoms with Crippen molar-refractivity contribution in [1.29, 1.82) is 5.26 Å². The van der Waals surface area contributed by atoms with Crippen LogP contribution < -0.4 is 67.6 Å². The fourth-order valence-electron chi connectivity index (χ4n) is 15.5. The minimum atomic E-state index is -3.42. The first kappa shape index (κ1) is 136. The van der Waals surface area contributed by atoms with Crippen molar-refractivity contribution in [3.05, 3.63) is 184 Å². The number of unbranched alkanes of at least 4 members (excludes halogenated alkanes) is 3. The number of benzene rings is 6. The second-order valence-corrected chi connectivity index (χ2v) is 46.8. The standard InChI is InChI=1S/C18H35ClO.C18H39N3O.C18H37NO2.C15H15N3O5S.C9H8ClN3O3S.C9H9N3O4S.C8H11N3O3S.C8H8N2O2S/c1-5-9-15(3)11-7-8-12-17(18(19)20)14-13-16(4)10-6-2;1-5-9-15(3)11-7-8-12-17(20-18(22)21-19)14-13-16(4)10-6-2;1-5-9-15(3)11-7-8-12-17(18(20)19-21)14-13-16(4)10-6-2;1-24(20,21)18-12-7-5-6-11(10-12)14(16)17-23-15(19)22-13-8-3-2-4-9-13;1-17(14,15)13-7-4-2-3-6(5-7)8-11-9(10)16-12-8;1-17(14,15)12-7-4-2-3-6(5-7)8-10-9(13)16-11-8;1-15(13,14)11-7-4-2-3-6(5-7)8(9)10-12;1-13(11,12)10-8-4-2-3-7(5-8)6-9/h15-17H,5-14H2,1-4H3;15-17H,5-14,19H2,1-4H3,(H2,20,21,22);15-17,21H,5-14H2,1-4H3,(H,19,20);2-10,18H,1H3,(H2,16,17);2-5,13H,1H3;2-5,12H,1H3,(H,10,11,13);2-5,11-12H,1H3,(H2,9,10);2-5,10H,1H3. The Morgan fingerprint density at radius 1 is 0.463 bits per heavy atom. The predicted octanol–water partition coefficient (Wildman–Crippen LogP) is 21.8. The number of amides is 3. The third-order valence-electron chi connectivity index (χ3n) is 22.7. The quantitative estimate of drug-likeness (QED) is 0.00137. The number of amidine groups is 2. The summed E-state index contributed by atoms with van der Waals surface area (Å²) in [6, 6.07) is 41.9. The molecule has 0 fully saturated rings. The van der Waals surface area contributed by atoms with Crippen molar-refractivity contribution in [2.75, 3.05) is 54.9 Å². The highest BCUT2D eigenvalue weighted by Gasteiger charge is 2.22. The van der Waals surface area contributed by atoms with E-state index in [0.717, 1.165) is 125 Å². The number of hydrogen-bond donors (Lipinski definition) is 14. The molecule has 0 spiro atoms. The van der Waals surface area contributed by atoms with Gasteiger partial charge in [-0.05, 0) is 195 Å². The Bertz CT molecular complexity index is 5960. The number of halogens is 2. The van der Waals surface area contributed by atoms with Crippen molar-refractivity contribution in [1.82, 2.24) is 36.5 Å². The van der Waals surface area contributed by atoms with Crippen molar-refractivity contribution in [3.63, 3.8) is 0 Å². The van der Waals surface area contributed by atoms with Crippen molar-refractivity contribution >= 4 is 137 Å². The topological polar surface area (TPSA) is 619 Å². The number of hydroxylamine groups is 1. The van der Waals surface area contributed by atoms with E-state index in [1.807, 2.05) is 11.5 Å². The van der Waals surface area contributed by atoms with Crippen LogP contribution >= 0.6 is 23.2 Å². The summed E-state index contributed by atoms with van der Waals surface area (Å²) in [6.07, 6.45) is 39.7. The molecule has 0 aliphatic heterocycles. The number of H-pyrrole nitrogens is 1. The van der Waals surface area contributed by atoms with Crippen molar-refractivity contribution in [3.8, 4) is 34.6 Å². The van der Waals surface area contributed by atoms with Crippen molar-refractivity contribution in [2.45, 2.75) is 282 Å². The molecule has 2 heterocycles. The Balaban J connectivity index is 0.000000856. The first-order chi connectivity index (χ1) is 70.2. The number of nitriles is 1. The number of oxime groups is 2. The number of nitrogens with one attached hydrogen (secondary N) is 9. The van der Waals surface area contributed by atoms with Crippen LogP contribution in [-0.2, 0) is 64.5 Å². The summed E-state index contributed by atoms with van der Waals surface area (Å²) >= 11 is 11.3. The lowest BCUT2D eigenvalue weighted by Crippen LogP contribution is -2.45. The first-order valence-corrected chi connectivity index (χ1v) is 60.5. The van der Waals surface area contributed by atoms with Gasteiger partial charge < -0.3 is 31.3 Å². The zero-order chi connectivity index (χ0) is 112. The van der Waals surface area contributed by atoms with E-state index in [9.17, 15) is 66.1 Å². The molecule has 0 aliphatic rings. The van der Waals surface area contributed by atoms with Gasteiger partial charge in [-0.25, -0.2) is 67.8 Å². The van der Waals surface area contributed by atoms with Gasteiger partial charge in [0, 0.05) is 68.6 Å². The lowest BCUT2D eigenvalue weighted by molar-refractivity contribution is -0.134. The molecule has 0 radical (unpaired) electrons. The number of ether oxygens (including phenoxy) is 1. The minimum absolute atomic E-state index is 0.0178. The van der Waals surface area contributed by atoms with Gasteiger partial charge in [0.2, 0.25) is 67.1 Å². The molecule has 17 N–H and O–H groups in total. The molecule has 8 rings (SSSR count). The molecule has 6 aromatic carbocycles. The Hall–Kier alpha value is -11.4. The fraction of sp³-hybridized carbons (Fsp3) is 0.544. The number of anilines is 5. The number of rotatable bonds is 55. The van der Waals surface area contributed by atoms with Gasteiger partial charge in [0.15, 0.2) is 17.5 Å². The molecule has 39 nitrogen and oxygen atoms in total. The highest BCUT2D eigenvalue weighted by atomic mass is 35.5. The van der Waals surface area contributed by atoms with Crippen LogP contribution in [0.25, 0.3) is 22.8 Å². The van der Waals surface area contributed by atoms with E-state index in [1.165, 1.54) is 153 Å². The van der Waals surface area contributed by atoms with Crippen LogP contribution in [0.15, 0.2) is 176 Å². The smallest absolute Gasteiger partial charge is 0.409 e. The predicted molar refractivity (Wildman–Crippen MR) is 595 cm³/mol. The number of para-hydroxylation sites is 1. The summed E-state index contributed by atoms with van der Waals surface area (Å²) < 4.78 is 136. The van der Waals surface area contributed by atoms with Gasteiger partial charge in [-0.1, -0.05) is 311 Å². The molecular formula is C103H162Cl2N18O21S5. The highest BCUT2D eigenvalue weighted by molar-refractivity contribution is 7.93. The SMILES string of the molecule is CCCC(C)CCCCC(CCC(C)CCC)C(=O)Cl.CCCC(C)CCCCC(CCC(C)CCC)C(=O)NO.CCCC(C)CCCCC(CCC(C)CCC)NC(=O)NN.CS(=O)(=O)Nc1cccc(-c2noc(=O)[nH]2)c1.CS(=O)(=O)Nc1cccc(-c2noc(Cl)n2)c1.CS(=O)(=O)Nc1cccc(/C(N)=N/O)c1.CS(=O)(=O)Nc1cccc(/C(N)=N/OC(=O)Oc2ccccc2)c1.CS(=O)(=O)Nc1cccc(C#N)c1. The van der Waals surface area contributed by atoms with Gasteiger partial charge in [0.1, 0.15) is 5.75 Å². The number of sulfonamides is 5. The zero-order valence-electron chi connectivity index (χ0n) is 89.2. The average molecular weight is 2220 g/mol. The van der Waals surface area contributed by atoms with E-state index in [2.05, 4.69) is 162 Å². The van der Waals surface area contributed by atoms with Gasteiger partial charge in [-0.15, -0.1) is 0 Å². The third kappa shape index (κ3) is 69.5. The maximum atomic E-state index is 11.8. The van der Waals surface area contributed by atoms with Crippen LogP contribution in [0, 0.1) is 58.7 Å². The maximum absolute atomic E-state index is 11.8. The number of hydrogen-bond acceptors (Lipinski definition) is 28. The van der Waals surface area contributed by atoms with Crippen molar-refractivity contribution in [2.24, 2.45) is 75.0 Å². The van der Waals surface area contributed by atoms with Crippen LogP contribution in [0.4, 0.5) is 38.0 Å². The van der Waals surface area contributed by atoms with Gasteiger partial charge in [0.05, 0.1) is 42.9 Å². The lowest BCUT2D eigenvalue weighted by atomic mass is 9.89. The summed E-state index contributed by atoms with van der Waals surface area (Å²) in [5.41, 5.74) is 19.4. The normalized spacial score (nSPS) is 13.2. The van der Waals surface area contributed by atoms with E-state index in [-0.39, 0.29) is 57.9 Å². The molecule has 0 saturated carbocycles. The number of nitrogens with two attached hydrogens (primary N) is 3. The first-order valence-electron chi connectivity index (χ1n) is 50.2. The van der Waals surface area contributed by atoms with E-state index >= 15 is 0 Å². The van der Waals surface area contributed by atoms with E-state index in [0.29, 0.717) is 73.7 Å². The molecule has 9 atom stereocenters. The second kappa shape index (κ2) is 75.3. The lowest BCUT2D eigenvalue weighted by Gasteiger charge is -2.20. The van der Waals surface area contributed by atoms with Crippen LogP contribution in [0.5, 0.6) is 5.75 Å². The summed E-state index contributed by atoms with van der Waals surface area (Å²) in [6.45, 7) is 27.2. The summed E-state index contributed by atoms with van der Waals surface area (Å²) in [5.74, 6) is 9.65. The molecule has 2 aromatic heterocycles. The largest absolute Gasteiger partial charge is 0.540 e. The Morgan fingerprint density at radius 3 is 1.23 bits per heavy atom. The van der Waals surface area contributed by atoms with Crippen molar-refractivity contribution < 1.29 is 90.3 Å². The Labute approximate surface area is 893 Å². The van der Waals surface area contributed by atoms with E-state index in [4.69, 9.17) is 60.9 Å². The minimum Gasteiger partial charge on any atom is -0.409 e. The number of carbonyl (C=O) groups excluding carboxylic acids is 4. The molecule has 46 heteroatoms. The van der Waals surface area contributed by atoms with Crippen LogP contribution in [0.1, 0.15) is 292 Å². The van der Waals surface area contributed by atoms with Crippen LogP contribution in [0.3, 0.4) is 0 Å². The maximum Gasteiger partial charge on any atom is 0.540 e. The number of aromatic amines is 1. The molecule has 0 saturated heterocycles. The van der Waals surface area contributed by atoms with Gasteiger partial charge >= 0.3 is 23.3 Å². The van der Waals surface area contributed by atoms with Gasteiger partial charge in [-0.3, -0.25) is 58.2 Å². The highest BCUT2D eigenvalue weighted by Crippen LogP contribution is 2.29. The number of aromatic nitrogens is 4. The molecule has 3 amide bonds. The summed E-state index contributed by atoms with van der Waals surface area (Å²) in [7, 11) is -16.6. The molecule has 9 unspecified atom stereocenters. The fourth-order valence-corrected chi connectivity index (χ4v) is 18.6. The van der Waals surface area contributed by atoms with Crippen LogP contribution in [0.2, 0.25) is 5.35 Å². The number of nitrogens with zero attached hydrogens (tertiary/aromatic N) is 6. The van der Waals surface area contributed by atoms with Crippen LogP contribution in [-0.4, -0.2) is 145 Å². The number of hydrazine groups is 1. The Morgan fingerprint density at radius 2 is 0.839 bits per heavy atom. The monoisotopic (exact) mass is 2220 g/mol. The second-order valence-electron chi connectivity index (χ2n) is 37.4. The van der Waals surface area contributed by atoms with E-state index in [1.54, 1.807) is 127 Å².